The van der Waals surface area contributed by atoms with Crippen LogP contribution in [0.2, 0.25) is 0 Å². The summed E-state index contributed by atoms with van der Waals surface area (Å²) in [5.41, 5.74) is 0.995. The maximum atomic E-state index is 13.0. The molecule has 0 amide bonds. The molecular weight excluding hydrogens is 167 g/mol. The largest absolute Gasteiger partial charge is 0.490 e. The van der Waals surface area contributed by atoms with Gasteiger partial charge in [0.1, 0.15) is 0 Å². The Bertz CT molecular complexity index is 294. The van der Waals surface area contributed by atoms with Crippen LogP contribution >= 0.6 is 0 Å². The maximum Gasteiger partial charge on any atom is 0.165 e. The first kappa shape index (κ1) is 9.78. The fourth-order valence-corrected chi connectivity index (χ4v) is 0.973. The van der Waals surface area contributed by atoms with Crippen LogP contribution in [0.15, 0.2) is 30.9 Å². The molecule has 0 radical (unpaired) electrons. The lowest BCUT2D eigenvalue weighted by Gasteiger charge is -2.06. The molecule has 0 saturated heterocycles. The standard InChI is InChI=1S/C11H13FO/c1-3-4-7-13-11-8-9(2)5-6-10(11)12/h3,5-6,8H,1,4,7H2,2H3. The molecule has 0 heterocycles. The summed E-state index contributed by atoms with van der Waals surface area (Å²) < 4.78 is 18.3. The summed E-state index contributed by atoms with van der Waals surface area (Å²) in [5, 5.41) is 0. The van der Waals surface area contributed by atoms with Crippen molar-refractivity contribution >= 4 is 0 Å². The Balaban J connectivity index is 2.64. The summed E-state index contributed by atoms with van der Waals surface area (Å²) in [6.45, 7) is 5.94. The van der Waals surface area contributed by atoms with E-state index in [2.05, 4.69) is 6.58 Å². The monoisotopic (exact) mass is 180 g/mol. The summed E-state index contributed by atoms with van der Waals surface area (Å²) in [6.07, 6.45) is 2.47. The second kappa shape index (κ2) is 4.65. The van der Waals surface area contributed by atoms with Gasteiger partial charge in [-0.15, -0.1) is 6.58 Å². The number of halogens is 1. The first-order chi connectivity index (χ1) is 6.24. The third-order valence-corrected chi connectivity index (χ3v) is 1.67. The number of hydrogen-bond acceptors (Lipinski definition) is 1. The Hall–Kier alpha value is -1.31. The van der Waals surface area contributed by atoms with Crippen molar-refractivity contribution in [3.63, 3.8) is 0 Å². The van der Waals surface area contributed by atoms with Gasteiger partial charge in [0.05, 0.1) is 6.61 Å². The quantitative estimate of drug-likeness (QED) is 0.511. The Kier molecular flexibility index (Phi) is 3.50. The molecule has 0 N–H and O–H groups in total. The van der Waals surface area contributed by atoms with Crippen LogP contribution in [0.25, 0.3) is 0 Å². The molecule has 1 aromatic carbocycles. The van der Waals surface area contributed by atoms with Gasteiger partial charge >= 0.3 is 0 Å². The lowest BCUT2D eigenvalue weighted by atomic mass is 10.2. The van der Waals surface area contributed by atoms with E-state index in [-0.39, 0.29) is 5.82 Å². The fraction of sp³-hybridized carbons (Fsp3) is 0.273. The minimum absolute atomic E-state index is 0.310. The topological polar surface area (TPSA) is 9.23 Å². The number of rotatable bonds is 4. The number of aryl methyl sites for hydroxylation is 1. The van der Waals surface area contributed by atoms with Crippen LogP contribution in [-0.2, 0) is 0 Å². The van der Waals surface area contributed by atoms with Gasteiger partial charge in [-0.25, -0.2) is 4.39 Å². The zero-order chi connectivity index (χ0) is 9.68. The molecule has 0 bridgehead atoms. The molecule has 0 saturated carbocycles. The normalized spacial score (nSPS) is 9.69. The SMILES string of the molecule is C=CCCOc1cc(C)ccc1F. The van der Waals surface area contributed by atoms with Crippen LogP contribution in [0.5, 0.6) is 5.75 Å². The van der Waals surface area contributed by atoms with E-state index in [0.717, 1.165) is 12.0 Å². The first-order valence-electron chi connectivity index (χ1n) is 4.24. The van der Waals surface area contributed by atoms with Crippen LogP contribution < -0.4 is 4.74 Å². The van der Waals surface area contributed by atoms with E-state index in [1.165, 1.54) is 6.07 Å². The fourth-order valence-electron chi connectivity index (χ4n) is 0.973. The zero-order valence-electron chi connectivity index (χ0n) is 7.72. The summed E-state index contributed by atoms with van der Waals surface area (Å²) in [7, 11) is 0. The Morgan fingerprint density at radius 2 is 2.31 bits per heavy atom. The van der Waals surface area contributed by atoms with Gasteiger partial charge in [0, 0.05) is 0 Å². The molecule has 70 valence electrons. The minimum Gasteiger partial charge on any atom is -0.490 e. The smallest absolute Gasteiger partial charge is 0.165 e. The van der Waals surface area contributed by atoms with Gasteiger partial charge in [-0.05, 0) is 31.0 Å². The van der Waals surface area contributed by atoms with Gasteiger partial charge in [-0.2, -0.15) is 0 Å². The predicted octanol–water partition coefficient (Wildman–Crippen LogP) is 3.09. The minimum atomic E-state index is -0.310. The summed E-state index contributed by atoms with van der Waals surface area (Å²) in [6, 6.07) is 4.83. The van der Waals surface area contributed by atoms with Crippen molar-refractivity contribution in [2.45, 2.75) is 13.3 Å². The van der Waals surface area contributed by atoms with Gasteiger partial charge < -0.3 is 4.74 Å². The van der Waals surface area contributed by atoms with Gasteiger partial charge in [0.15, 0.2) is 11.6 Å². The first-order valence-corrected chi connectivity index (χ1v) is 4.24. The molecule has 1 nitrogen and oxygen atoms in total. The summed E-state index contributed by atoms with van der Waals surface area (Å²) in [5.74, 6) is 0.0107. The van der Waals surface area contributed by atoms with Gasteiger partial charge in [0.2, 0.25) is 0 Å². The lowest BCUT2D eigenvalue weighted by Crippen LogP contribution is -1.97. The van der Waals surface area contributed by atoms with Crippen molar-refractivity contribution in [3.05, 3.63) is 42.2 Å². The zero-order valence-corrected chi connectivity index (χ0v) is 7.72. The molecule has 0 aliphatic heterocycles. The molecule has 0 unspecified atom stereocenters. The number of hydrogen-bond donors (Lipinski definition) is 0. The molecule has 2 heteroatoms. The second-order valence-electron chi connectivity index (χ2n) is 2.86. The molecule has 0 aliphatic carbocycles. The van der Waals surface area contributed by atoms with E-state index in [9.17, 15) is 4.39 Å². The lowest BCUT2D eigenvalue weighted by molar-refractivity contribution is 0.308. The molecule has 0 atom stereocenters. The van der Waals surface area contributed by atoms with E-state index >= 15 is 0 Å². The van der Waals surface area contributed by atoms with E-state index in [0.29, 0.717) is 12.4 Å². The van der Waals surface area contributed by atoms with Crippen molar-refractivity contribution in [3.8, 4) is 5.75 Å². The Morgan fingerprint density at radius 1 is 1.54 bits per heavy atom. The predicted molar refractivity (Wildman–Crippen MR) is 51.4 cm³/mol. The van der Waals surface area contributed by atoms with E-state index in [4.69, 9.17) is 4.74 Å². The molecule has 0 spiro atoms. The highest BCUT2D eigenvalue weighted by atomic mass is 19.1. The number of benzene rings is 1. The maximum absolute atomic E-state index is 13.0. The highest BCUT2D eigenvalue weighted by molar-refractivity contribution is 5.29. The van der Waals surface area contributed by atoms with Crippen molar-refractivity contribution in [2.24, 2.45) is 0 Å². The summed E-state index contributed by atoms with van der Waals surface area (Å²) >= 11 is 0. The number of ether oxygens (including phenoxy) is 1. The van der Waals surface area contributed by atoms with E-state index < -0.39 is 0 Å². The van der Waals surface area contributed by atoms with Crippen molar-refractivity contribution < 1.29 is 9.13 Å². The van der Waals surface area contributed by atoms with E-state index in [1.54, 1.807) is 18.2 Å². The van der Waals surface area contributed by atoms with Gasteiger partial charge in [-0.3, -0.25) is 0 Å². The van der Waals surface area contributed by atoms with Crippen molar-refractivity contribution in [2.75, 3.05) is 6.61 Å². The van der Waals surface area contributed by atoms with Crippen LogP contribution in [0, 0.1) is 12.7 Å². The molecule has 0 aliphatic rings. The van der Waals surface area contributed by atoms with Gasteiger partial charge in [0.25, 0.3) is 0 Å². The molecule has 1 rings (SSSR count). The van der Waals surface area contributed by atoms with Crippen LogP contribution in [0.3, 0.4) is 0 Å². The van der Waals surface area contributed by atoms with Crippen molar-refractivity contribution in [1.29, 1.82) is 0 Å². The van der Waals surface area contributed by atoms with Crippen molar-refractivity contribution in [1.82, 2.24) is 0 Å². The van der Waals surface area contributed by atoms with Crippen LogP contribution in [0.4, 0.5) is 4.39 Å². The van der Waals surface area contributed by atoms with Crippen LogP contribution in [-0.4, -0.2) is 6.61 Å². The third kappa shape index (κ3) is 2.90. The highest BCUT2D eigenvalue weighted by Gasteiger charge is 2.01. The van der Waals surface area contributed by atoms with Gasteiger partial charge in [-0.1, -0.05) is 12.1 Å². The molecule has 0 aromatic heterocycles. The van der Waals surface area contributed by atoms with E-state index in [1.807, 2.05) is 6.92 Å². The Labute approximate surface area is 77.8 Å². The molecule has 1 aromatic rings. The average Bonchev–Trinajstić information content (AvgIpc) is 2.11. The molecular formula is C11H13FO. The highest BCUT2D eigenvalue weighted by Crippen LogP contribution is 2.18. The molecule has 13 heavy (non-hydrogen) atoms. The Morgan fingerprint density at radius 3 is 3.00 bits per heavy atom. The third-order valence-electron chi connectivity index (χ3n) is 1.67. The average molecular weight is 180 g/mol. The summed E-state index contributed by atoms with van der Waals surface area (Å²) in [4.78, 5) is 0. The van der Waals surface area contributed by atoms with Crippen LogP contribution in [0.1, 0.15) is 12.0 Å². The second-order valence-corrected chi connectivity index (χ2v) is 2.86. The molecule has 0 fully saturated rings.